The van der Waals surface area contributed by atoms with Crippen molar-refractivity contribution in [3.8, 4) is 0 Å². The molecule has 0 spiro atoms. The van der Waals surface area contributed by atoms with E-state index in [0.717, 1.165) is 4.47 Å². The predicted molar refractivity (Wildman–Crippen MR) is 61.6 cm³/mol. The summed E-state index contributed by atoms with van der Waals surface area (Å²) in [6.07, 6.45) is 4.35. The zero-order chi connectivity index (χ0) is 10.1. The summed E-state index contributed by atoms with van der Waals surface area (Å²) in [6, 6.07) is 2.58. The number of nitrogens with zero attached hydrogens (tertiary/aromatic N) is 2. The number of hydrogen-bond donors (Lipinski definition) is 0. The van der Waals surface area contributed by atoms with E-state index in [1.54, 1.807) is 0 Å². The Labute approximate surface area is 97.4 Å². The zero-order valence-electron chi connectivity index (χ0n) is 8.00. The third-order valence-electron chi connectivity index (χ3n) is 2.72. The van der Waals surface area contributed by atoms with Crippen molar-refractivity contribution in [1.29, 1.82) is 0 Å². The van der Waals surface area contributed by atoms with Gasteiger partial charge in [-0.1, -0.05) is 11.6 Å². The normalized spacial score (nSPS) is 22.9. The first-order valence-electron chi connectivity index (χ1n) is 4.69. The summed E-state index contributed by atoms with van der Waals surface area (Å²) in [5, 5.41) is 0.536. The Morgan fingerprint density at radius 3 is 3.00 bits per heavy atom. The van der Waals surface area contributed by atoms with Crippen LogP contribution < -0.4 is 0 Å². The van der Waals surface area contributed by atoms with Crippen LogP contribution in [0, 0.1) is 0 Å². The molecule has 2 heterocycles. The number of likely N-dealkylation sites (tertiary alicyclic amines) is 1. The maximum Gasteiger partial charge on any atom is 0.143 e. The van der Waals surface area contributed by atoms with Crippen molar-refractivity contribution in [3.63, 3.8) is 0 Å². The smallest absolute Gasteiger partial charge is 0.143 e. The molecule has 0 aliphatic carbocycles. The van der Waals surface area contributed by atoms with Crippen molar-refractivity contribution >= 4 is 27.5 Å². The lowest BCUT2D eigenvalue weighted by atomic mass is 10.1. The fraction of sp³-hybridized carbons (Fsp3) is 0.500. The summed E-state index contributed by atoms with van der Waals surface area (Å²) >= 11 is 9.25. The lowest BCUT2D eigenvalue weighted by Gasteiger charge is -2.19. The molecule has 76 valence electrons. The van der Waals surface area contributed by atoms with Crippen LogP contribution in [0.5, 0.6) is 0 Å². The quantitative estimate of drug-likeness (QED) is 0.731. The van der Waals surface area contributed by atoms with E-state index in [1.807, 2.05) is 6.20 Å². The highest BCUT2D eigenvalue weighted by Gasteiger charge is 2.23. The molecule has 0 N–H and O–H groups in total. The molecule has 2 rings (SSSR count). The molecular formula is C10H12BrClN2. The molecule has 1 saturated heterocycles. The van der Waals surface area contributed by atoms with E-state index in [9.17, 15) is 0 Å². The SMILES string of the molecule is CN1CCC[C@H]1c1cnc(Cl)c(Br)c1. The third kappa shape index (κ3) is 1.95. The highest BCUT2D eigenvalue weighted by molar-refractivity contribution is 9.10. The molecule has 0 saturated carbocycles. The maximum absolute atomic E-state index is 5.85. The van der Waals surface area contributed by atoms with E-state index in [4.69, 9.17) is 11.6 Å². The minimum Gasteiger partial charge on any atom is -0.299 e. The van der Waals surface area contributed by atoms with Gasteiger partial charge in [-0.2, -0.15) is 0 Å². The van der Waals surface area contributed by atoms with Gasteiger partial charge in [0, 0.05) is 12.2 Å². The Kier molecular flexibility index (Phi) is 3.10. The van der Waals surface area contributed by atoms with E-state index < -0.39 is 0 Å². The van der Waals surface area contributed by atoms with E-state index in [0.29, 0.717) is 11.2 Å². The Bertz CT molecular complexity index is 343. The van der Waals surface area contributed by atoms with Gasteiger partial charge in [-0.25, -0.2) is 4.98 Å². The molecule has 1 fully saturated rings. The molecule has 1 aromatic rings. The van der Waals surface area contributed by atoms with Crippen molar-refractivity contribution < 1.29 is 0 Å². The van der Waals surface area contributed by atoms with E-state index >= 15 is 0 Å². The van der Waals surface area contributed by atoms with Gasteiger partial charge in [0.05, 0.1) is 4.47 Å². The Hall–Kier alpha value is -0.120. The molecular weight excluding hydrogens is 263 g/mol. The molecule has 0 aromatic carbocycles. The number of hydrogen-bond acceptors (Lipinski definition) is 2. The molecule has 2 nitrogen and oxygen atoms in total. The zero-order valence-corrected chi connectivity index (χ0v) is 10.3. The largest absolute Gasteiger partial charge is 0.299 e. The van der Waals surface area contributed by atoms with Crippen molar-refractivity contribution in [3.05, 3.63) is 27.5 Å². The monoisotopic (exact) mass is 274 g/mol. The van der Waals surface area contributed by atoms with Crippen molar-refractivity contribution in [2.45, 2.75) is 18.9 Å². The Morgan fingerprint density at radius 2 is 2.43 bits per heavy atom. The molecule has 0 radical (unpaired) electrons. The van der Waals surface area contributed by atoms with Gasteiger partial charge >= 0.3 is 0 Å². The molecule has 0 amide bonds. The lowest BCUT2D eigenvalue weighted by molar-refractivity contribution is 0.317. The molecule has 1 aliphatic heterocycles. The van der Waals surface area contributed by atoms with Gasteiger partial charge in [-0.15, -0.1) is 0 Å². The first kappa shape index (κ1) is 10.4. The van der Waals surface area contributed by atoms with E-state index in [2.05, 4.69) is 38.9 Å². The summed E-state index contributed by atoms with van der Waals surface area (Å²) in [4.78, 5) is 6.51. The highest BCUT2D eigenvalue weighted by atomic mass is 79.9. The first-order chi connectivity index (χ1) is 6.68. The molecule has 0 unspecified atom stereocenters. The second-order valence-electron chi connectivity index (χ2n) is 3.68. The van der Waals surface area contributed by atoms with Gasteiger partial charge in [0.25, 0.3) is 0 Å². The predicted octanol–water partition coefficient (Wildman–Crippen LogP) is 3.26. The van der Waals surface area contributed by atoms with Crippen molar-refractivity contribution in [2.75, 3.05) is 13.6 Å². The summed E-state index contributed by atoms with van der Waals surface area (Å²) in [7, 11) is 2.15. The van der Waals surface area contributed by atoms with Gasteiger partial charge < -0.3 is 0 Å². The third-order valence-corrected chi connectivity index (χ3v) is 3.86. The average Bonchev–Trinajstić information content (AvgIpc) is 2.57. The summed E-state index contributed by atoms with van der Waals surface area (Å²) in [5.74, 6) is 0. The second-order valence-corrected chi connectivity index (χ2v) is 4.89. The van der Waals surface area contributed by atoms with Crippen LogP contribution in [-0.2, 0) is 0 Å². The number of rotatable bonds is 1. The van der Waals surface area contributed by atoms with E-state index in [1.165, 1.54) is 24.9 Å². The van der Waals surface area contributed by atoms with E-state index in [-0.39, 0.29) is 0 Å². The van der Waals surface area contributed by atoms with Gasteiger partial charge in [-0.05, 0) is 54.0 Å². The van der Waals surface area contributed by atoms with Crippen LogP contribution in [0.3, 0.4) is 0 Å². The number of aromatic nitrogens is 1. The molecule has 1 aliphatic rings. The van der Waals surface area contributed by atoms with Crippen LogP contribution in [0.25, 0.3) is 0 Å². The number of pyridine rings is 1. The number of halogens is 2. The topological polar surface area (TPSA) is 16.1 Å². The fourth-order valence-electron chi connectivity index (χ4n) is 1.95. The van der Waals surface area contributed by atoms with Crippen LogP contribution in [0.15, 0.2) is 16.7 Å². The summed E-state index contributed by atoms with van der Waals surface area (Å²) in [6.45, 7) is 1.17. The molecule has 0 bridgehead atoms. The molecule has 1 atom stereocenters. The van der Waals surface area contributed by atoms with Crippen molar-refractivity contribution in [1.82, 2.24) is 9.88 Å². The van der Waals surface area contributed by atoms with Crippen molar-refractivity contribution in [2.24, 2.45) is 0 Å². The average molecular weight is 276 g/mol. The maximum atomic E-state index is 5.85. The van der Waals surface area contributed by atoms with Crippen LogP contribution in [0.1, 0.15) is 24.4 Å². The Balaban J connectivity index is 2.28. The molecule has 14 heavy (non-hydrogen) atoms. The van der Waals surface area contributed by atoms with Gasteiger partial charge in [-0.3, -0.25) is 4.90 Å². The minimum atomic E-state index is 0.510. The molecule has 1 aromatic heterocycles. The van der Waals surface area contributed by atoms with Gasteiger partial charge in [0.15, 0.2) is 0 Å². The molecule has 4 heteroatoms. The highest BCUT2D eigenvalue weighted by Crippen LogP contribution is 2.32. The van der Waals surface area contributed by atoms with Gasteiger partial charge in [0.2, 0.25) is 0 Å². The lowest BCUT2D eigenvalue weighted by Crippen LogP contribution is -2.17. The fourth-order valence-corrected chi connectivity index (χ4v) is 2.42. The van der Waals surface area contributed by atoms with Gasteiger partial charge in [0.1, 0.15) is 5.15 Å². The van der Waals surface area contributed by atoms with Crippen LogP contribution >= 0.6 is 27.5 Å². The summed E-state index contributed by atoms with van der Waals surface area (Å²) < 4.78 is 0.886. The van der Waals surface area contributed by atoms with Crippen LogP contribution in [0.4, 0.5) is 0 Å². The van der Waals surface area contributed by atoms with Crippen LogP contribution in [0.2, 0.25) is 5.15 Å². The second kappa shape index (κ2) is 4.17. The van der Waals surface area contributed by atoms with Crippen LogP contribution in [-0.4, -0.2) is 23.5 Å². The summed E-state index contributed by atoms with van der Waals surface area (Å²) in [5.41, 5.74) is 1.25. The standard InChI is InChI=1S/C10H12BrClN2/c1-14-4-2-3-9(14)7-5-8(11)10(12)13-6-7/h5-6,9H,2-4H2,1H3/t9-/m0/s1. The minimum absolute atomic E-state index is 0.510. The first-order valence-corrected chi connectivity index (χ1v) is 5.87. The Morgan fingerprint density at radius 1 is 1.64 bits per heavy atom.